The molecule has 0 N–H and O–H groups in total. The van der Waals surface area contributed by atoms with Crippen LogP contribution in [0.4, 0.5) is 11.4 Å². The summed E-state index contributed by atoms with van der Waals surface area (Å²) in [5, 5.41) is 0. The second kappa shape index (κ2) is 10.5. The van der Waals surface area contributed by atoms with E-state index in [0.717, 1.165) is 24.6 Å². The number of aryl methyl sites for hydroxylation is 1. The highest BCUT2D eigenvalue weighted by Gasteiger charge is 2.27. The molecule has 0 saturated heterocycles. The molecule has 4 rings (SSSR count). The van der Waals surface area contributed by atoms with Crippen LogP contribution in [0.1, 0.15) is 103 Å². The van der Waals surface area contributed by atoms with Crippen LogP contribution in [0.25, 0.3) is 5.57 Å². The van der Waals surface area contributed by atoms with Crippen LogP contribution < -0.4 is 4.90 Å². The summed E-state index contributed by atoms with van der Waals surface area (Å²) < 4.78 is 0. The van der Waals surface area contributed by atoms with E-state index in [1.807, 2.05) is 0 Å². The summed E-state index contributed by atoms with van der Waals surface area (Å²) in [4.78, 5) is 7.68. The Morgan fingerprint density at radius 1 is 1.06 bits per heavy atom. The van der Waals surface area contributed by atoms with Gasteiger partial charge in [0, 0.05) is 29.2 Å². The standard InChI is InChI=1S/C31H44N2/c1-7-21(3)29-20-30(32-23(5)26-15-13-25(8-2)14-16-26)22(4)19-31(29)33-18-17-27-11-9-10-12-28(27)24(33)6/h19-20,25-26H,3,6-18H2,1-2,4-5H3/b32-23+. The fraction of sp³-hybridized carbons (Fsp3) is 0.581. The zero-order chi connectivity index (χ0) is 23.5. The Balaban J connectivity index is 1.65. The van der Waals surface area contributed by atoms with Crippen molar-refractivity contribution in [1.82, 2.24) is 0 Å². The van der Waals surface area contributed by atoms with Crippen molar-refractivity contribution in [2.75, 3.05) is 11.4 Å². The van der Waals surface area contributed by atoms with E-state index in [2.05, 4.69) is 57.9 Å². The molecule has 0 bridgehead atoms. The first-order valence-electron chi connectivity index (χ1n) is 13.5. The summed E-state index contributed by atoms with van der Waals surface area (Å²) in [6.45, 7) is 19.1. The van der Waals surface area contributed by atoms with Crippen molar-refractivity contribution in [3.63, 3.8) is 0 Å². The molecule has 33 heavy (non-hydrogen) atoms. The fourth-order valence-electron chi connectivity index (χ4n) is 6.17. The van der Waals surface area contributed by atoms with Gasteiger partial charge in [-0.2, -0.15) is 0 Å². The van der Waals surface area contributed by atoms with Gasteiger partial charge in [0.15, 0.2) is 0 Å². The first-order valence-corrected chi connectivity index (χ1v) is 13.5. The number of rotatable bonds is 6. The zero-order valence-electron chi connectivity index (χ0n) is 21.6. The number of nitrogens with zero attached hydrogens (tertiary/aromatic N) is 2. The molecule has 0 radical (unpaired) electrons. The number of hydrogen-bond acceptors (Lipinski definition) is 2. The van der Waals surface area contributed by atoms with Gasteiger partial charge in [-0.05, 0) is 119 Å². The zero-order valence-corrected chi connectivity index (χ0v) is 21.6. The normalized spacial score (nSPS) is 24.2. The largest absolute Gasteiger partial charge is 0.341 e. The minimum Gasteiger partial charge on any atom is -0.341 e. The summed E-state index contributed by atoms with van der Waals surface area (Å²) in [5.41, 5.74) is 11.8. The maximum atomic E-state index is 5.21. The number of anilines is 1. The maximum Gasteiger partial charge on any atom is 0.0665 e. The van der Waals surface area contributed by atoms with Crippen molar-refractivity contribution < 1.29 is 0 Å². The highest BCUT2D eigenvalue weighted by molar-refractivity contribution is 5.89. The molecule has 3 aliphatic rings. The number of aliphatic imine (C=N–C) groups is 1. The van der Waals surface area contributed by atoms with Crippen LogP contribution in [0.2, 0.25) is 0 Å². The van der Waals surface area contributed by atoms with Crippen LogP contribution in [0.5, 0.6) is 0 Å². The molecule has 2 aliphatic carbocycles. The second-order valence-corrected chi connectivity index (χ2v) is 10.6. The number of allylic oxidation sites excluding steroid dienone is 2. The van der Waals surface area contributed by atoms with E-state index in [1.165, 1.54) is 104 Å². The molecule has 1 aromatic carbocycles. The van der Waals surface area contributed by atoms with E-state index < -0.39 is 0 Å². The summed E-state index contributed by atoms with van der Waals surface area (Å²) >= 11 is 0. The minimum absolute atomic E-state index is 0.642. The SMILES string of the molecule is C=C(CC)c1cc(/N=C(\C)C2CCC(CC)CC2)c(C)cc1N1CCC2=C(CCCC2)C1=C. The second-order valence-electron chi connectivity index (χ2n) is 10.6. The Labute approximate surface area is 202 Å². The highest BCUT2D eigenvalue weighted by atomic mass is 15.1. The number of hydrogen-bond donors (Lipinski definition) is 0. The third-order valence-corrected chi connectivity index (χ3v) is 8.62. The molecule has 0 unspecified atom stereocenters. The van der Waals surface area contributed by atoms with E-state index in [-0.39, 0.29) is 0 Å². The van der Waals surface area contributed by atoms with Gasteiger partial charge in [-0.1, -0.05) is 39.0 Å². The van der Waals surface area contributed by atoms with Gasteiger partial charge in [-0.15, -0.1) is 0 Å². The van der Waals surface area contributed by atoms with E-state index in [4.69, 9.17) is 4.99 Å². The van der Waals surface area contributed by atoms with Crippen LogP contribution in [0, 0.1) is 18.8 Å². The van der Waals surface area contributed by atoms with Gasteiger partial charge in [0.05, 0.1) is 5.69 Å². The third kappa shape index (κ3) is 5.05. The van der Waals surface area contributed by atoms with Crippen molar-refractivity contribution in [1.29, 1.82) is 0 Å². The van der Waals surface area contributed by atoms with Crippen LogP contribution in [0.3, 0.4) is 0 Å². The van der Waals surface area contributed by atoms with Crippen molar-refractivity contribution in [2.24, 2.45) is 16.8 Å². The smallest absolute Gasteiger partial charge is 0.0665 e. The summed E-state index contributed by atoms with van der Waals surface area (Å²) in [6.07, 6.45) is 13.9. The van der Waals surface area contributed by atoms with Gasteiger partial charge in [0.1, 0.15) is 0 Å². The first-order chi connectivity index (χ1) is 15.9. The Morgan fingerprint density at radius 3 is 2.48 bits per heavy atom. The molecule has 1 aliphatic heterocycles. The Hall–Kier alpha value is -2.09. The molecule has 1 saturated carbocycles. The molecule has 0 amide bonds. The van der Waals surface area contributed by atoms with Gasteiger partial charge in [-0.3, -0.25) is 4.99 Å². The van der Waals surface area contributed by atoms with Gasteiger partial charge in [0.2, 0.25) is 0 Å². The van der Waals surface area contributed by atoms with Crippen molar-refractivity contribution in [2.45, 2.75) is 98.3 Å². The molecule has 2 heteroatoms. The third-order valence-electron chi connectivity index (χ3n) is 8.62. The molecule has 0 aromatic heterocycles. The van der Waals surface area contributed by atoms with Crippen molar-refractivity contribution in [3.05, 3.63) is 53.3 Å². The van der Waals surface area contributed by atoms with Crippen LogP contribution >= 0.6 is 0 Å². The molecule has 0 spiro atoms. The van der Waals surface area contributed by atoms with Crippen molar-refractivity contribution in [3.8, 4) is 0 Å². The van der Waals surface area contributed by atoms with E-state index in [1.54, 1.807) is 5.57 Å². The van der Waals surface area contributed by atoms with Crippen molar-refractivity contribution >= 4 is 22.7 Å². The molecule has 1 heterocycles. The molecular weight excluding hydrogens is 400 g/mol. The summed E-state index contributed by atoms with van der Waals surface area (Å²) in [6, 6.07) is 4.67. The highest BCUT2D eigenvalue weighted by Crippen LogP contribution is 2.43. The molecule has 0 atom stereocenters. The average molecular weight is 445 g/mol. The van der Waals surface area contributed by atoms with Crippen LogP contribution in [0.15, 0.2) is 47.1 Å². The van der Waals surface area contributed by atoms with Gasteiger partial charge in [0.25, 0.3) is 0 Å². The first kappa shape index (κ1) is 24.0. The Kier molecular flexibility index (Phi) is 7.62. The van der Waals surface area contributed by atoms with E-state index in [9.17, 15) is 0 Å². The molecule has 1 aromatic rings. The quantitative estimate of drug-likeness (QED) is 0.399. The van der Waals surface area contributed by atoms with E-state index in [0.29, 0.717) is 5.92 Å². The monoisotopic (exact) mass is 444 g/mol. The summed E-state index contributed by atoms with van der Waals surface area (Å²) in [5.74, 6) is 1.57. The van der Waals surface area contributed by atoms with Crippen LogP contribution in [-0.4, -0.2) is 12.3 Å². The van der Waals surface area contributed by atoms with Crippen LogP contribution in [-0.2, 0) is 0 Å². The predicted octanol–water partition coefficient (Wildman–Crippen LogP) is 9.32. The number of benzene rings is 1. The maximum absolute atomic E-state index is 5.21. The lowest BCUT2D eigenvalue weighted by molar-refractivity contribution is 0.314. The van der Waals surface area contributed by atoms with E-state index >= 15 is 0 Å². The lowest BCUT2D eigenvalue weighted by Gasteiger charge is -2.38. The fourth-order valence-corrected chi connectivity index (χ4v) is 6.17. The average Bonchev–Trinajstić information content (AvgIpc) is 2.85. The minimum atomic E-state index is 0.642. The topological polar surface area (TPSA) is 15.6 Å². The van der Waals surface area contributed by atoms with Gasteiger partial charge in [-0.25, -0.2) is 0 Å². The molecule has 2 nitrogen and oxygen atoms in total. The van der Waals surface area contributed by atoms with Gasteiger partial charge < -0.3 is 4.90 Å². The lowest BCUT2D eigenvalue weighted by Crippen LogP contribution is -2.31. The Morgan fingerprint density at radius 2 is 1.79 bits per heavy atom. The lowest BCUT2D eigenvalue weighted by atomic mass is 9.79. The Bertz CT molecular complexity index is 969. The molecular formula is C31H44N2. The molecule has 178 valence electrons. The molecule has 1 fully saturated rings. The predicted molar refractivity (Wildman–Crippen MR) is 146 cm³/mol. The van der Waals surface area contributed by atoms with Gasteiger partial charge >= 0.3 is 0 Å². The summed E-state index contributed by atoms with van der Waals surface area (Å²) in [7, 11) is 0.